The van der Waals surface area contributed by atoms with Gasteiger partial charge in [0.15, 0.2) is 0 Å². The van der Waals surface area contributed by atoms with Gasteiger partial charge in [0.2, 0.25) is 5.91 Å². The third-order valence-corrected chi connectivity index (χ3v) is 4.32. The second-order valence-corrected chi connectivity index (χ2v) is 6.50. The van der Waals surface area contributed by atoms with E-state index in [4.69, 9.17) is 0 Å². The van der Waals surface area contributed by atoms with E-state index in [0.29, 0.717) is 5.92 Å². The molecule has 2 rings (SSSR count). The Kier molecular flexibility index (Phi) is 6.40. The first-order valence-corrected chi connectivity index (χ1v) is 8.32. The predicted molar refractivity (Wildman–Crippen MR) is 90.9 cm³/mol. The second kappa shape index (κ2) is 8.30. The average molecular weight is 303 g/mol. The fraction of sp³-hybridized carbons (Fsp3) is 0.611. The molecule has 1 N–H and O–H groups in total. The van der Waals surface area contributed by atoms with Crippen LogP contribution in [0.1, 0.15) is 37.8 Å². The first-order chi connectivity index (χ1) is 10.5. The first-order valence-electron chi connectivity index (χ1n) is 8.32. The third kappa shape index (κ3) is 5.43. The van der Waals surface area contributed by atoms with Gasteiger partial charge < -0.3 is 5.32 Å². The van der Waals surface area contributed by atoms with Crippen LogP contribution in [0.2, 0.25) is 0 Å². The number of nitrogens with one attached hydrogen (secondary N) is 1. The van der Waals surface area contributed by atoms with Gasteiger partial charge in [-0.15, -0.1) is 0 Å². The zero-order valence-corrected chi connectivity index (χ0v) is 14.1. The summed E-state index contributed by atoms with van der Waals surface area (Å²) < 4.78 is 0. The zero-order valence-electron chi connectivity index (χ0n) is 14.1. The maximum atomic E-state index is 10.9. The van der Waals surface area contributed by atoms with Crippen molar-refractivity contribution >= 4 is 5.91 Å². The molecule has 0 saturated carbocycles. The van der Waals surface area contributed by atoms with Crippen molar-refractivity contribution in [3.05, 3.63) is 35.4 Å². The first kappa shape index (κ1) is 17.0. The highest BCUT2D eigenvalue weighted by molar-refractivity contribution is 5.72. The van der Waals surface area contributed by atoms with Gasteiger partial charge in [-0.1, -0.05) is 38.1 Å². The number of benzene rings is 1. The molecule has 0 spiro atoms. The number of carbonyl (C=O) groups is 1. The molecule has 1 aliphatic heterocycles. The van der Waals surface area contributed by atoms with Gasteiger partial charge in [0.1, 0.15) is 0 Å². The van der Waals surface area contributed by atoms with E-state index in [2.05, 4.69) is 53.2 Å². The van der Waals surface area contributed by atoms with Crippen LogP contribution in [0.3, 0.4) is 0 Å². The van der Waals surface area contributed by atoms with Crippen molar-refractivity contribution in [1.29, 1.82) is 0 Å². The molecule has 1 aliphatic rings. The SMILES string of the molecule is CC(=O)NCCN1CCN(Cc2ccc(C(C)C)cc2)CC1. The summed E-state index contributed by atoms with van der Waals surface area (Å²) in [4.78, 5) is 15.8. The number of rotatable bonds is 6. The molecule has 0 bridgehead atoms. The van der Waals surface area contributed by atoms with Crippen LogP contribution >= 0.6 is 0 Å². The molecule has 1 aromatic rings. The molecule has 0 aliphatic carbocycles. The molecule has 1 amide bonds. The highest BCUT2D eigenvalue weighted by atomic mass is 16.1. The molecule has 4 nitrogen and oxygen atoms in total. The van der Waals surface area contributed by atoms with Gasteiger partial charge in [-0.3, -0.25) is 14.6 Å². The molecule has 0 aromatic heterocycles. The van der Waals surface area contributed by atoms with Crippen molar-refractivity contribution in [3.63, 3.8) is 0 Å². The van der Waals surface area contributed by atoms with Gasteiger partial charge in [-0.05, 0) is 17.0 Å². The Bertz CT molecular complexity index is 462. The number of piperazine rings is 1. The van der Waals surface area contributed by atoms with E-state index in [1.165, 1.54) is 11.1 Å². The van der Waals surface area contributed by atoms with Gasteiger partial charge in [0, 0.05) is 52.7 Å². The van der Waals surface area contributed by atoms with E-state index in [1.54, 1.807) is 6.92 Å². The van der Waals surface area contributed by atoms with Crippen LogP contribution in [0.5, 0.6) is 0 Å². The molecule has 0 radical (unpaired) electrons. The van der Waals surface area contributed by atoms with Crippen molar-refractivity contribution in [1.82, 2.24) is 15.1 Å². The smallest absolute Gasteiger partial charge is 0.216 e. The minimum absolute atomic E-state index is 0.0588. The summed E-state index contributed by atoms with van der Waals surface area (Å²) in [7, 11) is 0. The average Bonchev–Trinajstić information content (AvgIpc) is 2.49. The number of nitrogens with zero attached hydrogens (tertiary/aromatic N) is 2. The Morgan fingerprint density at radius 2 is 1.68 bits per heavy atom. The standard InChI is InChI=1S/C18H29N3O/c1-15(2)18-6-4-17(5-7-18)14-21-12-10-20(11-13-21)9-8-19-16(3)22/h4-7,15H,8-14H2,1-3H3,(H,19,22). The van der Waals surface area contributed by atoms with Gasteiger partial charge in [-0.25, -0.2) is 0 Å². The molecule has 1 fully saturated rings. The summed E-state index contributed by atoms with van der Waals surface area (Å²) in [6.45, 7) is 13.2. The van der Waals surface area contributed by atoms with Crippen LogP contribution in [-0.2, 0) is 11.3 Å². The largest absolute Gasteiger partial charge is 0.355 e. The lowest BCUT2D eigenvalue weighted by Crippen LogP contribution is -2.47. The predicted octanol–water partition coefficient (Wildman–Crippen LogP) is 2.06. The maximum Gasteiger partial charge on any atom is 0.216 e. The normalized spacial score (nSPS) is 16.9. The van der Waals surface area contributed by atoms with Crippen molar-refractivity contribution < 1.29 is 4.79 Å². The Balaban J connectivity index is 1.71. The number of hydrogen-bond acceptors (Lipinski definition) is 3. The quantitative estimate of drug-likeness (QED) is 0.874. The summed E-state index contributed by atoms with van der Waals surface area (Å²) in [6, 6.07) is 9.03. The van der Waals surface area contributed by atoms with Crippen LogP contribution in [0, 0.1) is 0 Å². The van der Waals surface area contributed by atoms with Gasteiger partial charge in [0.05, 0.1) is 0 Å². The summed E-state index contributed by atoms with van der Waals surface area (Å²) in [6.07, 6.45) is 0. The van der Waals surface area contributed by atoms with E-state index in [1.807, 2.05) is 0 Å². The van der Waals surface area contributed by atoms with E-state index >= 15 is 0 Å². The third-order valence-electron chi connectivity index (χ3n) is 4.32. The molecular formula is C18H29N3O. The topological polar surface area (TPSA) is 35.6 Å². The van der Waals surface area contributed by atoms with Crippen LogP contribution in [0.25, 0.3) is 0 Å². The fourth-order valence-corrected chi connectivity index (χ4v) is 2.83. The van der Waals surface area contributed by atoms with Crippen molar-refractivity contribution in [2.24, 2.45) is 0 Å². The van der Waals surface area contributed by atoms with Crippen LogP contribution < -0.4 is 5.32 Å². The number of amides is 1. The lowest BCUT2D eigenvalue weighted by molar-refractivity contribution is -0.119. The zero-order chi connectivity index (χ0) is 15.9. The Hall–Kier alpha value is -1.39. The minimum Gasteiger partial charge on any atom is -0.355 e. The molecule has 1 heterocycles. The number of carbonyl (C=O) groups excluding carboxylic acids is 1. The lowest BCUT2D eigenvalue weighted by atomic mass is 10.0. The second-order valence-electron chi connectivity index (χ2n) is 6.50. The van der Waals surface area contributed by atoms with Crippen LogP contribution in [-0.4, -0.2) is 55.0 Å². The Labute approximate surface area is 134 Å². The van der Waals surface area contributed by atoms with E-state index in [9.17, 15) is 4.79 Å². The van der Waals surface area contributed by atoms with Crippen LogP contribution in [0.15, 0.2) is 24.3 Å². The van der Waals surface area contributed by atoms with Gasteiger partial charge >= 0.3 is 0 Å². The Morgan fingerprint density at radius 1 is 1.09 bits per heavy atom. The molecular weight excluding hydrogens is 274 g/mol. The van der Waals surface area contributed by atoms with E-state index in [-0.39, 0.29) is 5.91 Å². The highest BCUT2D eigenvalue weighted by Crippen LogP contribution is 2.16. The van der Waals surface area contributed by atoms with Crippen molar-refractivity contribution in [3.8, 4) is 0 Å². The van der Waals surface area contributed by atoms with Gasteiger partial charge in [0.25, 0.3) is 0 Å². The lowest BCUT2D eigenvalue weighted by Gasteiger charge is -2.34. The summed E-state index contributed by atoms with van der Waals surface area (Å²) in [5.74, 6) is 0.657. The fourth-order valence-electron chi connectivity index (χ4n) is 2.83. The van der Waals surface area contributed by atoms with Gasteiger partial charge in [-0.2, -0.15) is 0 Å². The highest BCUT2D eigenvalue weighted by Gasteiger charge is 2.16. The molecule has 122 valence electrons. The summed E-state index contributed by atoms with van der Waals surface area (Å²) >= 11 is 0. The Morgan fingerprint density at radius 3 is 2.23 bits per heavy atom. The molecule has 0 atom stereocenters. The van der Waals surface area contributed by atoms with Crippen LogP contribution in [0.4, 0.5) is 0 Å². The van der Waals surface area contributed by atoms with Crippen molar-refractivity contribution in [2.45, 2.75) is 33.2 Å². The van der Waals surface area contributed by atoms with E-state index < -0.39 is 0 Å². The summed E-state index contributed by atoms with van der Waals surface area (Å²) in [5, 5.41) is 2.86. The summed E-state index contributed by atoms with van der Waals surface area (Å²) in [5.41, 5.74) is 2.81. The molecule has 4 heteroatoms. The number of hydrogen-bond donors (Lipinski definition) is 1. The molecule has 0 unspecified atom stereocenters. The minimum atomic E-state index is 0.0588. The van der Waals surface area contributed by atoms with E-state index in [0.717, 1.165) is 45.8 Å². The van der Waals surface area contributed by atoms with Crippen molar-refractivity contribution in [2.75, 3.05) is 39.3 Å². The monoisotopic (exact) mass is 303 g/mol. The molecule has 1 aromatic carbocycles. The maximum absolute atomic E-state index is 10.9. The molecule has 22 heavy (non-hydrogen) atoms. The molecule has 1 saturated heterocycles.